The Morgan fingerprint density at radius 1 is 1.53 bits per heavy atom. The van der Waals surface area contributed by atoms with E-state index in [-0.39, 0.29) is 11.9 Å². The largest absolute Gasteiger partial charge is 0.324 e. The Morgan fingerprint density at radius 2 is 2.37 bits per heavy atom. The van der Waals surface area contributed by atoms with E-state index in [4.69, 9.17) is 5.73 Å². The van der Waals surface area contributed by atoms with E-state index < -0.39 is 0 Å². The third-order valence-corrected chi connectivity index (χ3v) is 4.31. The number of nitrogens with zero attached hydrogens (tertiary/aromatic N) is 1. The molecule has 1 aromatic carbocycles. The lowest BCUT2D eigenvalue weighted by atomic mass is 9.97. The number of nitrogens with two attached hydrogens (primary N) is 1. The maximum atomic E-state index is 11.7. The van der Waals surface area contributed by atoms with Gasteiger partial charge in [-0.3, -0.25) is 4.79 Å². The van der Waals surface area contributed by atoms with Crippen molar-refractivity contribution in [2.75, 3.05) is 18.5 Å². The van der Waals surface area contributed by atoms with Crippen molar-refractivity contribution >= 4 is 11.6 Å². The van der Waals surface area contributed by atoms with Crippen molar-refractivity contribution in [3.05, 3.63) is 29.3 Å². The van der Waals surface area contributed by atoms with Gasteiger partial charge in [-0.1, -0.05) is 12.1 Å². The minimum absolute atomic E-state index is 0.0573. The predicted octanol–water partition coefficient (Wildman–Crippen LogP) is 1.35. The molecule has 1 fully saturated rings. The molecule has 0 bridgehead atoms. The molecule has 4 nitrogen and oxygen atoms in total. The van der Waals surface area contributed by atoms with Gasteiger partial charge in [0.1, 0.15) is 0 Å². The highest BCUT2D eigenvalue weighted by molar-refractivity contribution is 6.00. The van der Waals surface area contributed by atoms with E-state index in [9.17, 15) is 4.79 Å². The maximum Gasteiger partial charge on any atom is 0.231 e. The number of hydrogen-bond donors (Lipinski definition) is 2. The molecule has 0 aliphatic carbocycles. The average Bonchev–Trinajstić information content (AvgIpc) is 2.99. The minimum Gasteiger partial charge on any atom is -0.324 e. The normalized spacial score (nSPS) is 23.8. The number of carbonyl (C=O) groups is 1. The van der Waals surface area contributed by atoms with Crippen LogP contribution in [-0.2, 0) is 11.2 Å². The van der Waals surface area contributed by atoms with Crippen LogP contribution in [0, 0.1) is 0 Å². The fraction of sp³-hybridized carbons (Fsp3) is 0.533. The number of rotatable bonds is 3. The third-order valence-electron chi connectivity index (χ3n) is 4.31. The van der Waals surface area contributed by atoms with Gasteiger partial charge in [0.25, 0.3) is 0 Å². The standard InChI is InChI=1S/C15H21N3O/c1-18-14-5-4-10(7-11(14)8-15(18)19)13(16)9-12-3-2-6-17-12/h4-5,7,12-13,17H,2-3,6,8-9,16H2,1H3. The molecule has 3 N–H and O–H groups in total. The van der Waals surface area contributed by atoms with Crippen LogP contribution in [0.2, 0.25) is 0 Å². The Bertz CT molecular complexity index is 494. The molecule has 2 aliphatic rings. The van der Waals surface area contributed by atoms with Crippen LogP contribution in [0.3, 0.4) is 0 Å². The highest BCUT2D eigenvalue weighted by Gasteiger charge is 2.25. The zero-order valence-electron chi connectivity index (χ0n) is 11.4. The Kier molecular flexibility index (Phi) is 3.29. The van der Waals surface area contributed by atoms with Crippen molar-refractivity contribution in [1.82, 2.24) is 5.32 Å². The van der Waals surface area contributed by atoms with Crippen LogP contribution in [0.1, 0.15) is 36.4 Å². The number of carbonyl (C=O) groups excluding carboxylic acids is 1. The van der Waals surface area contributed by atoms with Gasteiger partial charge < -0.3 is 16.0 Å². The van der Waals surface area contributed by atoms with Crippen LogP contribution >= 0.6 is 0 Å². The molecule has 3 rings (SSSR count). The Balaban J connectivity index is 1.75. The number of amides is 1. The van der Waals surface area contributed by atoms with Crippen molar-refractivity contribution in [1.29, 1.82) is 0 Å². The van der Waals surface area contributed by atoms with Crippen molar-refractivity contribution < 1.29 is 4.79 Å². The molecule has 2 aliphatic heterocycles. The lowest BCUT2D eigenvalue weighted by Gasteiger charge is -2.18. The number of benzene rings is 1. The second-order valence-corrected chi connectivity index (χ2v) is 5.65. The van der Waals surface area contributed by atoms with Crippen LogP contribution in [-0.4, -0.2) is 25.5 Å². The summed E-state index contributed by atoms with van der Waals surface area (Å²) in [5.74, 6) is 0.165. The second-order valence-electron chi connectivity index (χ2n) is 5.65. The lowest BCUT2D eigenvalue weighted by molar-refractivity contribution is -0.117. The summed E-state index contributed by atoms with van der Waals surface area (Å²) in [6.45, 7) is 1.11. The SMILES string of the molecule is CN1C(=O)Cc2cc(C(N)CC3CCCN3)ccc21. The van der Waals surface area contributed by atoms with E-state index in [0.29, 0.717) is 12.5 Å². The van der Waals surface area contributed by atoms with E-state index in [1.54, 1.807) is 4.90 Å². The van der Waals surface area contributed by atoms with Crippen LogP contribution in [0.25, 0.3) is 0 Å². The molecule has 102 valence electrons. The summed E-state index contributed by atoms with van der Waals surface area (Å²) < 4.78 is 0. The van der Waals surface area contributed by atoms with Gasteiger partial charge in [0.2, 0.25) is 5.91 Å². The maximum absolute atomic E-state index is 11.7. The summed E-state index contributed by atoms with van der Waals surface area (Å²) in [6, 6.07) is 6.80. The van der Waals surface area contributed by atoms with Gasteiger partial charge in [-0.2, -0.15) is 0 Å². The summed E-state index contributed by atoms with van der Waals surface area (Å²) in [7, 11) is 1.83. The number of hydrogen-bond acceptors (Lipinski definition) is 3. The second kappa shape index (κ2) is 4.94. The molecule has 2 atom stereocenters. The molecule has 2 heterocycles. The topological polar surface area (TPSA) is 58.4 Å². The first kappa shape index (κ1) is 12.6. The average molecular weight is 259 g/mol. The highest BCUT2D eigenvalue weighted by atomic mass is 16.2. The van der Waals surface area contributed by atoms with Crippen molar-refractivity contribution in [2.45, 2.75) is 37.8 Å². The van der Waals surface area contributed by atoms with Gasteiger partial charge in [-0.05, 0) is 43.0 Å². The number of anilines is 1. The molecule has 1 amide bonds. The molecule has 19 heavy (non-hydrogen) atoms. The first-order chi connectivity index (χ1) is 9.15. The zero-order chi connectivity index (χ0) is 13.4. The van der Waals surface area contributed by atoms with E-state index >= 15 is 0 Å². The first-order valence-corrected chi connectivity index (χ1v) is 7.03. The lowest BCUT2D eigenvalue weighted by Crippen LogP contribution is -2.26. The molecule has 0 radical (unpaired) electrons. The van der Waals surface area contributed by atoms with Crippen LogP contribution in [0.5, 0.6) is 0 Å². The molecule has 1 saturated heterocycles. The predicted molar refractivity (Wildman–Crippen MR) is 76.1 cm³/mol. The van der Waals surface area contributed by atoms with Gasteiger partial charge in [0, 0.05) is 24.8 Å². The summed E-state index contributed by atoms with van der Waals surface area (Å²) >= 11 is 0. The van der Waals surface area contributed by atoms with Crippen LogP contribution < -0.4 is 16.0 Å². The molecule has 0 aromatic heterocycles. The Morgan fingerprint density at radius 3 is 3.11 bits per heavy atom. The molecular weight excluding hydrogens is 238 g/mol. The van der Waals surface area contributed by atoms with E-state index in [0.717, 1.165) is 29.8 Å². The third kappa shape index (κ3) is 2.38. The monoisotopic (exact) mass is 259 g/mol. The summed E-state index contributed by atoms with van der Waals surface area (Å²) in [5, 5.41) is 3.48. The summed E-state index contributed by atoms with van der Waals surface area (Å²) in [6.07, 6.45) is 3.96. The molecule has 1 aromatic rings. The van der Waals surface area contributed by atoms with Gasteiger partial charge >= 0.3 is 0 Å². The molecule has 0 spiro atoms. The van der Waals surface area contributed by atoms with Gasteiger partial charge in [0.15, 0.2) is 0 Å². The van der Waals surface area contributed by atoms with Gasteiger partial charge in [0.05, 0.1) is 6.42 Å². The molecule has 4 heteroatoms. The Labute approximate surface area is 114 Å². The smallest absolute Gasteiger partial charge is 0.231 e. The zero-order valence-corrected chi connectivity index (χ0v) is 11.4. The van der Waals surface area contributed by atoms with E-state index in [1.165, 1.54) is 12.8 Å². The van der Waals surface area contributed by atoms with Gasteiger partial charge in [-0.15, -0.1) is 0 Å². The van der Waals surface area contributed by atoms with Crippen molar-refractivity contribution in [2.24, 2.45) is 5.73 Å². The number of likely N-dealkylation sites (N-methyl/N-ethyl adjacent to an activating group) is 1. The number of fused-ring (bicyclic) bond motifs is 1. The molecule has 0 saturated carbocycles. The first-order valence-electron chi connectivity index (χ1n) is 7.03. The fourth-order valence-corrected chi connectivity index (χ4v) is 3.12. The number of nitrogens with one attached hydrogen (secondary N) is 1. The quantitative estimate of drug-likeness (QED) is 0.861. The van der Waals surface area contributed by atoms with Crippen molar-refractivity contribution in [3.8, 4) is 0 Å². The highest BCUT2D eigenvalue weighted by Crippen LogP contribution is 2.31. The minimum atomic E-state index is 0.0573. The summed E-state index contributed by atoms with van der Waals surface area (Å²) in [5.41, 5.74) is 9.59. The van der Waals surface area contributed by atoms with Crippen LogP contribution in [0.15, 0.2) is 18.2 Å². The Hall–Kier alpha value is -1.39. The molecular formula is C15H21N3O. The van der Waals surface area contributed by atoms with Crippen molar-refractivity contribution in [3.63, 3.8) is 0 Å². The van der Waals surface area contributed by atoms with Crippen LogP contribution in [0.4, 0.5) is 5.69 Å². The van der Waals surface area contributed by atoms with Gasteiger partial charge in [-0.25, -0.2) is 0 Å². The van der Waals surface area contributed by atoms with E-state index in [1.807, 2.05) is 13.1 Å². The van der Waals surface area contributed by atoms with E-state index in [2.05, 4.69) is 17.4 Å². The fourth-order valence-electron chi connectivity index (χ4n) is 3.12. The molecule has 2 unspecified atom stereocenters. The summed E-state index contributed by atoms with van der Waals surface area (Å²) in [4.78, 5) is 13.4.